The van der Waals surface area contributed by atoms with Crippen molar-refractivity contribution in [2.75, 3.05) is 18.0 Å². The van der Waals surface area contributed by atoms with Gasteiger partial charge in [0.1, 0.15) is 0 Å². The van der Waals surface area contributed by atoms with Gasteiger partial charge >= 0.3 is 0 Å². The zero-order chi connectivity index (χ0) is 13.3. The van der Waals surface area contributed by atoms with E-state index in [-0.39, 0.29) is 5.41 Å². The number of nitrogens with zero attached hydrogens (tertiary/aromatic N) is 1. The van der Waals surface area contributed by atoms with Gasteiger partial charge in [0.05, 0.1) is 0 Å². The van der Waals surface area contributed by atoms with Crippen molar-refractivity contribution in [2.45, 2.75) is 39.5 Å². The van der Waals surface area contributed by atoms with Gasteiger partial charge in [0.25, 0.3) is 0 Å². The van der Waals surface area contributed by atoms with Crippen LogP contribution in [0.15, 0.2) is 24.3 Å². The number of benzene rings is 1. The minimum absolute atomic E-state index is 0.220. The molecule has 1 aliphatic rings. The number of hydrogen-bond donors (Lipinski definition) is 1. The molecule has 0 aromatic heterocycles. The highest BCUT2D eigenvalue weighted by Crippen LogP contribution is 2.28. The van der Waals surface area contributed by atoms with Crippen molar-refractivity contribution in [1.29, 1.82) is 5.41 Å². The molecule has 0 aliphatic carbocycles. The third kappa shape index (κ3) is 2.74. The number of anilines is 1. The molecule has 0 saturated carbocycles. The third-order valence-corrected chi connectivity index (χ3v) is 3.90. The van der Waals surface area contributed by atoms with E-state index in [1.54, 1.807) is 0 Å². The maximum atomic E-state index is 7.73. The summed E-state index contributed by atoms with van der Waals surface area (Å²) >= 11 is 0. The van der Waals surface area contributed by atoms with Crippen LogP contribution < -0.4 is 4.90 Å². The molecule has 1 aromatic rings. The van der Waals surface area contributed by atoms with Crippen LogP contribution >= 0.6 is 0 Å². The van der Waals surface area contributed by atoms with E-state index >= 15 is 0 Å². The molecule has 0 spiro atoms. The van der Waals surface area contributed by atoms with Gasteiger partial charge in [-0.05, 0) is 36.5 Å². The molecule has 1 aliphatic heterocycles. The Kier molecular flexibility index (Phi) is 3.47. The molecule has 2 rings (SSSR count). The first kappa shape index (κ1) is 13.1. The summed E-state index contributed by atoms with van der Waals surface area (Å²) in [4.78, 5) is 2.40. The lowest BCUT2D eigenvalue weighted by Gasteiger charge is -2.22. The van der Waals surface area contributed by atoms with E-state index < -0.39 is 0 Å². The van der Waals surface area contributed by atoms with Crippen molar-refractivity contribution in [3.63, 3.8) is 0 Å². The Hall–Kier alpha value is -1.31. The Morgan fingerprint density at radius 2 is 1.83 bits per heavy atom. The van der Waals surface area contributed by atoms with Crippen molar-refractivity contribution in [2.24, 2.45) is 5.92 Å². The second-order valence-corrected chi connectivity index (χ2v) is 6.41. The Bertz CT molecular complexity index is 425. The van der Waals surface area contributed by atoms with Crippen LogP contribution in [0.25, 0.3) is 0 Å². The van der Waals surface area contributed by atoms with Crippen molar-refractivity contribution < 1.29 is 0 Å². The largest absolute Gasteiger partial charge is 0.371 e. The second-order valence-electron chi connectivity index (χ2n) is 6.41. The number of rotatable bonds is 2. The summed E-state index contributed by atoms with van der Waals surface area (Å²) in [5, 5.41) is 7.73. The molecule has 0 bridgehead atoms. The summed E-state index contributed by atoms with van der Waals surface area (Å²) in [5.74, 6) is 0.451. The summed E-state index contributed by atoms with van der Waals surface area (Å²) in [6.07, 6.45) is 1.12. The average molecular weight is 244 g/mol. The topological polar surface area (TPSA) is 27.1 Å². The van der Waals surface area contributed by atoms with Crippen LogP contribution in [0, 0.1) is 11.3 Å². The standard InChI is InChI=1S/C16H24N2/c1-12(17)13-9-10-18(11-13)15-7-5-14(6-8-15)16(2,3)4/h5-8,13,17H,9-11H2,1-4H3. The smallest absolute Gasteiger partial charge is 0.0366 e. The van der Waals surface area contributed by atoms with E-state index in [0.717, 1.165) is 25.2 Å². The Morgan fingerprint density at radius 1 is 1.22 bits per heavy atom. The summed E-state index contributed by atoms with van der Waals surface area (Å²) < 4.78 is 0. The molecule has 2 heteroatoms. The molecule has 1 N–H and O–H groups in total. The predicted molar refractivity (Wildman–Crippen MR) is 78.9 cm³/mol. The lowest BCUT2D eigenvalue weighted by Crippen LogP contribution is -2.21. The lowest BCUT2D eigenvalue weighted by molar-refractivity contribution is 0.590. The number of nitrogens with one attached hydrogen (secondary N) is 1. The zero-order valence-corrected chi connectivity index (χ0v) is 12.0. The Balaban J connectivity index is 2.10. The van der Waals surface area contributed by atoms with Gasteiger partial charge in [-0.2, -0.15) is 0 Å². The molecule has 1 heterocycles. The first-order valence-corrected chi connectivity index (χ1v) is 6.78. The predicted octanol–water partition coefficient (Wildman–Crippen LogP) is 3.85. The van der Waals surface area contributed by atoms with E-state index in [4.69, 9.17) is 5.41 Å². The first-order valence-electron chi connectivity index (χ1n) is 6.78. The zero-order valence-electron chi connectivity index (χ0n) is 12.0. The fourth-order valence-corrected chi connectivity index (χ4v) is 2.52. The van der Waals surface area contributed by atoms with Crippen LogP contribution in [0.3, 0.4) is 0 Å². The fourth-order valence-electron chi connectivity index (χ4n) is 2.52. The summed E-state index contributed by atoms with van der Waals surface area (Å²) in [6, 6.07) is 8.92. The maximum Gasteiger partial charge on any atom is 0.0366 e. The third-order valence-electron chi connectivity index (χ3n) is 3.90. The van der Waals surface area contributed by atoms with E-state index in [1.165, 1.54) is 11.3 Å². The molecule has 0 radical (unpaired) electrons. The van der Waals surface area contributed by atoms with Gasteiger partial charge in [0.15, 0.2) is 0 Å². The highest BCUT2D eigenvalue weighted by atomic mass is 15.1. The normalized spacial score (nSPS) is 20.2. The van der Waals surface area contributed by atoms with E-state index in [9.17, 15) is 0 Å². The van der Waals surface area contributed by atoms with Crippen molar-refractivity contribution in [1.82, 2.24) is 0 Å². The van der Waals surface area contributed by atoms with Gasteiger partial charge < -0.3 is 10.3 Å². The van der Waals surface area contributed by atoms with Crippen LogP contribution in [0.2, 0.25) is 0 Å². The molecule has 18 heavy (non-hydrogen) atoms. The van der Waals surface area contributed by atoms with Crippen molar-refractivity contribution >= 4 is 11.4 Å². The van der Waals surface area contributed by atoms with E-state index in [1.807, 2.05) is 6.92 Å². The molecule has 0 amide bonds. The molecular formula is C16H24N2. The summed E-state index contributed by atoms with van der Waals surface area (Å²) in [7, 11) is 0. The molecular weight excluding hydrogens is 220 g/mol. The highest BCUT2D eigenvalue weighted by Gasteiger charge is 2.24. The van der Waals surface area contributed by atoms with E-state index in [0.29, 0.717) is 5.92 Å². The minimum atomic E-state index is 0.220. The lowest BCUT2D eigenvalue weighted by atomic mass is 9.87. The second kappa shape index (κ2) is 4.75. The highest BCUT2D eigenvalue weighted by molar-refractivity contribution is 5.82. The van der Waals surface area contributed by atoms with Gasteiger partial charge in [-0.15, -0.1) is 0 Å². The van der Waals surface area contributed by atoms with Crippen LogP contribution in [-0.4, -0.2) is 18.8 Å². The van der Waals surface area contributed by atoms with Crippen LogP contribution in [0.1, 0.15) is 39.7 Å². The monoisotopic (exact) mass is 244 g/mol. The fraction of sp³-hybridized carbons (Fsp3) is 0.562. The van der Waals surface area contributed by atoms with Gasteiger partial charge in [-0.1, -0.05) is 32.9 Å². The number of hydrogen-bond acceptors (Lipinski definition) is 2. The molecule has 1 fully saturated rings. The molecule has 98 valence electrons. The quantitative estimate of drug-likeness (QED) is 0.786. The van der Waals surface area contributed by atoms with Gasteiger partial charge in [0.2, 0.25) is 0 Å². The summed E-state index contributed by atoms with van der Waals surface area (Å²) in [6.45, 7) is 10.7. The van der Waals surface area contributed by atoms with E-state index in [2.05, 4.69) is 49.9 Å². The molecule has 1 atom stereocenters. The van der Waals surface area contributed by atoms with Crippen LogP contribution in [0.4, 0.5) is 5.69 Å². The molecule has 1 aromatic carbocycles. The Morgan fingerprint density at radius 3 is 2.28 bits per heavy atom. The molecule has 1 unspecified atom stereocenters. The molecule has 1 saturated heterocycles. The average Bonchev–Trinajstić information content (AvgIpc) is 2.77. The maximum absolute atomic E-state index is 7.73. The van der Waals surface area contributed by atoms with Crippen molar-refractivity contribution in [3.05, 3.63) is 29.8 Å². The van der Waals surface area contributed by atoms with Crippen molar-refractivity contribution in [3.8, 4) is 0 Å². The van der Waals surface area contributed by atoms with Crippen LogP contribution in [-0.2, 0) is 5.41 Å². The minimum Gasteiger partial charge on any atom is -0.371 e. The Labute approximate surface area is 111 Å². The van der Waals surface area contributed by atoms with Gasteiger partial charge in [-0.25, -0.2) is 0 Å². The SMILES string of the molecule is CC(=N)C1CCN(c2ccc(C(C)(C)C)cc2)C1. The van der Waals surface area contributed by atoms with Crippen LogP contribution in [0.5, 0.6) is 0 Å². The summed E-state index contributed by atoms with van der Waals surface area (Å²) in [5.41, 5.74) is 3.72. The molecule has 2 nitrogen and oxygen atoms in total. The first-order chi connectivity index (χ1) is 8.38. The van der Waals surface area contributed by atoms with Gasteiger partial charge in [0, 0.05) is 30.4 Å². The van der Waals surface area contributed by atoms with Gasteiger partial charge in [-0.3, -0.25) is 0 Å².